The van der Waals surface area contributed by atoms with Crippen molar-refractivity contribution in [3.05, 3.63) is 94.6 Å². The predicted octanol–water partition coefficient (Wildman–Crippen LogP) is 6.17. The Morgan fingerprint density at radius 1 is 0.946 bits per heavy atom. The van der Waals surface area contributed by atoms with E-state index < -0.39 is 17.7 Å². The van der Waals surface area contributed by atoms with Crippen molar-refractivity contribution in [2.24, 2.45) is 0 Å². The van der Waals surface area contributed by atoms with Crippen LogP contribution in [0.4, 0.5) is 11.4 Å². The van der Waals surface area contributed by atoms with Gasteiger partial charge in [0.05, 0.1) is 18.2 Å². The first kappa shape index (κ1) is 26.0. The molecule has 1 N–H and O–H groups in total. The Balaban J connectivity index is 1.92. The minimum atomic E-state index is -0.776. The van der Waals surface area contributed by atoms with Crippen molar-refractivity contribution in [2.45, 2.75) is 40.7 Å². The van der Waals surface area contributed by atoms with Crippen molar-refractivity contribution in [3.8, 4) is 5.75 Å². The van der Waals surface area contributed by atoms with Crippen LogP contribution < -0.4 is 14.5 Å². The van der Waals surface area contributed by atoms with Crippen LogP contribution in [0.15, 0.2) is 72.3 Å². The first-order valence-electron chi connectivity index (χ1n) is 12.8. The van der Waals surface area contributed by atoms with E-state index in [4.69, 9.17) is 4.74 Å². The van der Waals surface area contributed by atoms with E-state index in [0.29, 0.717) is 23.6 Å². The van der Waals surface area contributed by atoms with Crippen molar-refractivity contribution in [3.63, 3.8) is 0 Å². The molecule has 1 heterocycles. The zero-order valence-electron chi connectivity index (χ0n) is 22.1. The Kier molecular flexibility index (Phi) is 7.67. The van der Waals surface area contributed by atoms with E-state index in [1.165, 1.54) is 4.90 Å². The highest BCUT2D eigenvalue weighted by Gasteiger charge is 2.47. The first-order valence-corrected chi connectivity index (χ1v) is 12.8. The number of benzene rings is 3. The van der Waals surface area contributed by atoms with E-state index in [9.17, 15) is 14.7 Å². The summed E-state index contributed by atoms with van der Waals surface area (Å²) in [5, 5.41) is 11.5. The van der Waals surface area contributed by atoms with Crippen LogP contribution in [-0.4, -0.2) is 36.5 Å². The summed E-state index contributed by atoms with van der Waals surface area (Å²) in [7, 11) is 0. The summed E-state index contributed by atoms with van der Waals surface area (Å²) in [6.07, 6.45) is 0. The quantitative estimate of drug-likeness (QED) is 0.228. The largest absolute Gasteiger partial charge is 0.507 e. The fourth-order valence-corrected chi connectivity index (χ4v) is 4.90. The molecule has 1 unspecified atom stereocenters. The maximum Gasteiger partial charge on any atom is 0.300 e. The SMILES string of the molecule is CCOc1cccc(/C(O)=C2\C(=O)C(=O)N(c3cccc(C)c3C)C2c2ccc(N(CC)CC)cc2)c1. The van der Waals surface area contributed by atoms with Crippen LogP contribution >= 0.6 is 0 Å². The number of ketones is 1. The van der Waals surface area contributed by atoms with Gasteiger partial charge >= 0.3 is 0 Å². The second-order valence-electron chi connectivity index (χ2n) is 9.11. The molecule has 37 heavy (non-hydrogen) atoms. The van der Waals surface area contributed by atoms with E-state index in [-0.39, 0.29) is 11.3 Å². The van der Waals surface area contributed by atoms with Gasteiger partial charge in [-0.25, -0.2) is 0 Å². The van der Waals surface area contributed by atoms with Crippen LogP contribution in [0.25, 0.3) is 5.76 Å². The van der Waals surface area contributed by atoms with Crippen LogP contribution in [0.3, 0.4) is 0 Å². The average Bonchev–Trinajstić information content (AvgIpc) is 3.17. The molecule has 3 aromatic rings. The topological polar surface area (TPSA) is 70.1 Å². The first-order chi connectivity index (χ1) is 17.8. The molecule has 6 nitrogen and oxygen atoms in total. The number of Topliss-reactive ketones (excluding diaryl/α,β-unsaturated/α-hetero) is 1. The summed E-state index contributed by atoms with van der Waals surface area (Å²) in [5.74, 6) is -1.01. The molecule has 1 aliphatic rings. The zero-order chi connectivity index (χ0) is 26.7. The molecule has 192 valence electrons. The lowest BCUT2D eigenvalue weighted by atomic mass is 9.94. The number of nitrogens with zero attached hydrogens (tertiary/aromatic N) is 2. The molecule has 0 bridgehead atoms. The molecule has 0 aromatic heterocycles. The standard InChI is InChI=1S/C31H34N2O4/c1-6-32(7-2)24-17-15-22(16-18-24)28-27(29(34)23-12-10-13-25(19-23)37-8-3)30(35)31(36)33(28)26-14-9-11-20(4)21(26)5/h9-19,28,34H,6-8H2,1-5H3/b29-27+. The molecule has 1 fully saturated rings. The van der Waals surface area contributed by atoms with Crippen molar-refractivity contribution in [1.82, 2.24) is 0 Å². The molecule has 6 heteroatoms. The van der Waals surface area contributed by atoms with Crippen molar-refractivity contribution in [2.75, 3.05) is 29.5 Å². The molecule has 1 atom stereocenters. The molecule has 1 amide bonds. The Morgan fingerprint density at radius 2 is 1.62 bits per heavy atom. The summed E-state index contributed by atoms with van der Waals surface area (Å²) in [4.78, 5) is 30.8. The van der Waals surface area contributed by atoms with Crippen LogP contribution in [0.2, 0.25) is 0 Å². The van der Waals surface area contributed by atoms with E-state index in [2.05, 4.69) is 18.7 Å². The van der Waals surface area contributed by atoms with Gasteiger partial charge in [0.15, 0.2) is 0 Å². The van der Waals surface area contributed by atoms with Gasteiger partial charge in [-0.05, 0) is 81.6 Å². The van der Waals surface area contributed by atoms with Crippen molar-refractivity contribution in [1.29, 1.82) is 0 Å². The lowest BCUT2D eigenvalue weighted by Gasteiger charge is -2.28. The number of anilines is 2. The second-order valence-corrected chi connectivity index (χ2v) is 9.11. The second kappa shape index (κ2) is 10.9. The van der Waals surface area contributed by atoms with Crippen LogP contribution in [0, 0.1) is 13.8 Å². The molecule has 0 radical (unpaired) electrons. The number of carbonyl (C=O) groups is 2. The molecule has 4 rings (SSSR count). The lowest BCUT2D eigenvalue weighted by molar-refractivity contribution is -0.132. The van der Waals surface area contributed by atoms with Gasteiger partial charge in [-0.1, -0.05) is 36.4 Å². The number of aryl methyl sites for hydroxylation is 1. The minimum absolute atomic E-state index is 0.0649. The molecule has 0 aliphatic carbocycles. The van der Waals surface area contributed by atoms with Crippen LogP contribution in [0.1, 0.15) is 49.1 Å². The van der Waals surface area contributed by atoms with E-state index in [1.54, 1.807) is 24.3 Å². The molecule has 1 aliphatic heterocycles. The Morgan fingerprint density at radius 3 is 2.27 bits per heavy atom. The predicted molar refractivity (Wildman–Crippen MR) is 148 cm³/mol. The summed E-state index contributed by atoms with van der Waals surface area (Å²) < 4.78 is 5.59. The number of hydrogen-bond donors (Lipinski definition) is 1. The number of aliphatic hydroxyl groups excluding tert-OH is 1. The van der Waals surface area contributed by atoms with Gasteiger partial charge in [0.2, 0.25) is 0 Å². The molecule has 3 aromatic carbocycles. The third-order valence-electron chi connectivity index (χ3n) is 7.04. The van der Waals surface area contributed by atoms with Gasteiger partial charge in [0.25, 0.3) is 11.7 Å². The van der Waals surface area contributed by atoms with E-state index in [0.717, 1.165) is 35.5 Å². The monoisotopic (exact) mass is 498 g/mol. The third-order valence-corrected chi connectivity index (χ3v) is 7.04. The van der Waals surface area contributed by atoms with Gasteiger partial charge in [-0.2, -0.15) is 0 Å². The summed E-state index contributed by atoms with van der Waals surface area (Å²) in [6, 6.07) is 19.7. The van der Waals surface area contributed by atoms with Gasteiger partial charge in [-0.3, -0.25) is 14.5 Å². The van der Waals surface area contributed by atoms with E-state index >= 15 is 0 Å². The molecular weight excluding hydrogens is 464 g/mol. The number of ether oxygens (including phenoxy) is 1. The molecule has 0 saturated carbocycles. The normalized spacial score (nSPS) is 16.8. The van der Waals surface area contributed by atoms with E-state index in [1.807, 2.05) is 63.2 Å². The fraction of sp³-hybridized carbons (Fsp3) is 0.290. The molecule has 1 saturated heterocycles. The number of carbonyl (C=O) groups excluding carboxylic acids is 2. The van der Waals surface area contributed by atoms with Crippen molar-refractivity contribution >= 4 is 28.8 Å². The summed E-state index contributed by atoms with van der Waals surface area (Å²) in [6.45, 7) is 12.2. The maximum absolute atomic E-state index is 13.5. The maximum atomic E-state index is 13.5. The third kappa shape index (κ3) is 4.84. The zero-order valence-corrected chi connectivity index (χ0v) is 22.1. The number of rotatable bonds is 8. The average molecular weight is 499 g/mol. The minimum Gasteiger partial charge on any atom is -0.507 e. The summed E-state index contributed by atoms with van der Waals surface area (Å²) >= 11 is 0. The highest BCUT2D eigenvalue weighted by Crippen LogP contribution is 2.44. The lowest BCUT2D eigenvalue weighted by Crippen LogP contribution is -2.30. The summed E-state index contributed by atoms with van der Waals surface area (Å²) in [5.41, 5.74) is 4.87. The Bertz CT molecular complexity index is 1340. The number of aliphatic hydroxyl groups is 1. The van der Waals surface area contributed by atoms with Crippen molar-refractivity contribution < 1.29 is 19.4 Å². The number of hydrogen-bond acceptors (Lipinski definition) is 5. The van der Waals surface area contributed by atoms with Gasteiger partial charge in [0, 0.05) is 30.0 Å². The van der Waals surface area contributed by atoms with Crippen LogP contribution in [0.5, 0.6) is 5.75 Å². The van der Waals surface area contributed by atoms with Gasteiger partial charge < -0.3 is 14.7 Å². The highest BCUT2D eigenvalue weighted by atomic mass is 16.5. The van der Waals surface area contributed by atoms with Gasteiger partial charge in [-0.15, -0.1) is 0 Å². The van der Waals surface area contributed by atoms with Gasteiger partial charge in [0.1, 0.15) is 11.5 Å². The Labute approximate surface area is 218 Å². The fourth-order valence-electron chi connectivity index (χ4n) is 4.90. The molecular formula is C31H34N2O4. The Hall–Kier alpha value is -4.06. The van der Waals surface area contributed by atoms with Crippen LogP contribution in [-0.2, 0) is 9.59 Å². The molecule has 0 spiro atoms. The highest BCUT2D eigenvalue weighted by molar-refractivity contribution is 6.51. The number of amides is 1. The smallest absolute Gasteiger partial charge is 0.300 e.